The molecule has 2 rings (SSSR count). The summed E-state index contributed by atoms with van der Waals surface area (Å²) in [6.07, 6.45) is 1.96. The van der Waals surface area contributed by atoms with Gasteiger partial charge in [0.2, 0.25) is 0 Å². The molecular formula is C11H14ClNO. The largest absolute Gasteiger partial charge is 0.492 e. The molecule has 1 aromatic rings. The first kappa shape index (κ1) is 9.81. The summed E-state index contributed by atoms with van der Waals surface area (Å²) >= 11 is 6.07. The maximum Gasteiger partial charge on any atom is 0.142 e. The molecule has 1 aromatic carbocycles. The van der Waals surface area contributed by atoms with Crippen molar-refractivity contribution in [2.75, 3.05) is 6.61 Å². The average Bonchev–Trinajstić information content (AvgIpc) is 2.35. The number of fused-ring (bicyclic) bond motifs is 1. The molecule has 0 unspecified atom stereocenters. The van der Waals surface area contributed by atoms with Crippen LogP contribution < -0.4 is 10.5 Å². The van der Waals surface area contributed by atoms with Crippen LogP contribution in [0.1, 0.15) is 30.0 Å². The fourth-order valence-electron chi connectivity index (χ4n) is 1.90. The molecule has 76 valence electrons. The maximum absolute atomic E-state index is 6.08. The van der Waals surface area contributed by atoms with E-state index in [0.29, 0.717) is 11.6 Å². The van der Waals surface area contributed by atoms with Gasteiger partial charge in [0.1, 0.15) is 5.75 Å². The van der Waals surface area contributed by atoms with E-state index in [0.717, 1.165) is 24.2 Å². The van der Waals surface area contributed by atoms with Gasteiger partial charge in [-0.05, 0) is 31.4 Å². The highest BCUT2D eigenvalue weighted by Crippen LogP contribution is 2.37. The molecule has 0 amide bonds. The summed E-state index contributed by atoms with van der Waals surface area (Å²) in [5, 5.41) is 0.669. The lowest BCUT2D eigenvalue weighted by Gasteiger charge is -2.15. The summed E-state index contributed by atoms with van der Waals surface area (Å²) in [4.78, 5) is 0. The molecule has 1 heterocycles. The maximum atomic E-state index is 6.08. The minimum Gasteiger partial charge on any atom is -0.492 e. The van der Waals surface area contributed by atoms with E-state index >= 15 is 0 Å². The molecule has 14 heavy (non-hydrogen) atoms. The first-order valence-corrected chi connectivity index (χ1v) is 5.25. The predicted molar refractivity (Wildman–Crippen MR) is 57.8 cm³/mol. The van der Waals surface area contributed by atoms with Gasteiger partial charge in [-0.2, -0.15) is 0 Å². The minimum atomic E-state index is 0.0613. The van der Waals surface area contributed by atoms with Gasteiger partial charge in [-0.25, -0.2) is 0 Å². The number of halogens is 1. The van der Waals surface area contributed by atoms with Crippen molar-refractivity contribution in [1.82, 2.24) is 0 Å². The quantitative estimate of drug-likeness (QED) is 0.716. The average molecular weight is 212 g/mol. The van der Waals surface area contributed by atoms with Crippen LogP contribution >= 0.6 is 11.6 Å². The van der Waals surface area contributed by atoms with Gasteiger partial charge in [-0.1, -0.05) is 17.7 Å². The molecule has 1 atom stereocenters. The SMILES string of the molecule is Cc1ccc(Cl)c2c1[C@H](N)CCCO2. The molecule has 0 saturated heterocycles. The van der Waals surface area contributed by atoms with Gasteiger partial charge in [-0.3, -0.25) is 0 Å². The Labute approximate surface area is 89.0 Å². The lowest BCUT2D eigenvalue weighted by atomic mass is 9.98. The molecule has 2 nitrogen and oxygen atoms in total. The number of ether oxygens (including phenoxy) is 1. The van der Waals surface area contributed by atoms with Crippen LogP contribution in [0.4, 0.5) is 0 Å². The predicted octanol–water partition coefficient (Wildman–Crippen LogP) is 2.82. The van der Waals surface area contributed by atoms with Crippen LogP contribution in [0.3, 0.4) is 0 Å². The molecule has 0 fully saturated rings. The van der Waals surface area contributed by atoms with Crippen LogP contribution in [-0.4, -0.2) is 6.61 Å². The smallest absolute Gasteiger partial charge is 0.142 e. The Kier molecular flexibility index (Phi) is 2.66. The van der Waals surface area contributed by atoms with E-state index < -0.39 is 0 Å². The summed E-state index contributed by atoms with van der Waals surface area (Å²) < 4.78 is 5.62. The second-order valence-corrected chi connectivity index (χ2v) is 4.11. The molecule has 3 heteroatoms. The Morgan fingerprint density at radius 1 is 1.50 bits per heavy atom. The van der Waals surface area contributed by atoms with Gasteiger partial charge >= 0.3 is 0 Å². The molecule has 0 radical (unpaired) electrons. The van der Waals surface area contributed by atoms with E-state index in [1.165, 1.54) is 5.56 Å². The molecule has 1 aliphatic heterocycles. The van der Waals surface area contributed by atoms with Gasteiger partial charge in [0.25, 0.3) is 0 Å². The fraction of sp³-hybridized carbons (Fsp3) is 0.455. The van der Waals surface area contributed by atoms with Gasteiger partial charge in [-0.15, -0.1) is 0 Å². The highest BCUT2D eigenvalue weighted by molar-refractivity contribution is 6.32. The Morgan fingerprint density at radius 2 is 2.29 bits per heavy atom. The molecule has 0 bridgehead atoms. The van der Waals surface area contributed by atoms with Crippen LogP contribution in [-0.2, 0) is 0 Å². The van der Waals surface area contributed by atoms with E-state index in [4.69, 9.17) is 22.1 Å². The highest BCUT2D eigenvalue weighted by atomic mass is 35.5. The van der Waals surface area contributed by atoms with Crippen LogP contribution in [0.5, 0.6) is 5.75 Å². The van der Waals surface area contributed by atoms with Crippen molar-refractivity contribution in [3.63, 3.8) is 0 Å². The second-order valence-electron chi connectivity index (χ2n) is 3.70. The van der Waals surface area contributed by atoms with E-state index in [1.54, 1.807) is 0 Å². The van der Waals surface area contributed by atoms with Crippen molar-refractivity contribution in [3.8, 4) is 5.75 Å². The van der Waals surface area contributed by atoms with Gasteiger partial charge in [0, 0.05) is 11.6 Å². The molecule has 0 spiro atoms. The van der Waals surface area contributed by atoms with Crippen molar-refractivity contribution in [2.24, 2.45) is 5.73 Å². The van der Waals surface area contributed by atoms with E-state index in [2.05, 4.69) is 0 Å². The van der Waals surface area contributed by atoms with Crippen LogP contribution in [0.25, 0.3) is 0 Å². The fourth-order valence-corrected chi connectivity index (χ4v) is 2.12. The van der Waals surface area contributed by atoms with Crippen molar-refractivity contribution in [1.29, 1.82) is 0 Å². The standard InChI is InChI=1S/C11H14ClNO/c1-7-4-5-8(12)11-10(7)9(13)3-2-6-14-11/h4-5,9H,2-3,6,13H2,1H3/t9-/m1/s1. The number of rotatable bonds is 0. The summed E-state index contributed by atoms with van der Waals surface area (Å²) in [5.41, 5.74) is 8.32. The van der Waals surface area contributed by atoms with Crippen LogP contribution in [0, 0.1) is 6.92 Å². The van der Waals surface area contributed by atoms with Gasteiger partial charge in [0.15, 0.2) is 0 Å². The molecule has 0 saturated carbocycles. The first-order valence-electron chi connectivity index (χ1n) is 4.87. The van der Waals surface area contributed by atoms with Crippen LogP contribution in [0.15, 0.2) is 12.1 Å². The minimum absolute atomic E-state index is 0.0613. The number of nitrogens with two attached hydrogens (primary N) is 1. The third-order valence-corrected chi connectivity index (χ3v) is 2.94. The van der Waals surface area contributed by atoms with Crippen LogP contribution in [0.2, 0.25) is 5.02 Å². The van der Waals surface area contributed by atoms with Gasteiger partial charge in [0.05, 0.1) is 11.6 Å². The Morgan fingerprint density at radius 3 is 3.07 bits per heavy atom. The number of aryl methyl sites for hydroxylation is 1. The van der Waals surface area contributed by atoms with Crippen molar-refractivity contribution in [2.45, 2.75) is 25.8 Å². The topological polar surface area (TPSA) is 35.2 Å². The third kappa shape index (κ3) is 1.60. The van der Waals surface area contributed by atoms with E-state index in [9.17, 15) is 0 Å². The second kappa shape index (κ2) is 3.79. The lowest BCUT2D eigenvalue weighted by Crippen LogP contribution is -2.10. The van der Waals surface area contributed by atoms with Crippen molar-refractivity contribution >= 4 is 11.6 Å². The summed E-state index contributed by atoms with van der Waals surface area (Å²) in [5.74, 6) is 0.789. The molecule has 2 N–H and O–H groups in total. The highest BCUT2D eigenvalue weighted by Gasteiger charge is 2.20. The Hall–Kier alpha value is -0.730. The number of hydrogen-bond acceptors (Lipinski definition) is 2. The van der Waals surface area contributed by atoms with Crippen molar-refractivity contribution in [3.05, 3.63) is 28.3 Å². The van der Waals surface area contributed by atoms with Gasteiger partial charge < -0.3 is 10.5 Å². The number of hydrogen-bond donors (Lipinski definition) is 1. The van der Waals surface area contributed by atoms with Crippen molar-refractivity contribution < 1.29 is 4.74 Å². The Balaban J connectivity index is 2.57. The molecule has 0 aliphatic carbocycles. The normalized spacial score (nSPS) is 20.9. The zero-order chi connectivity index (χ0) is 10.1. The zero-order valence-corrected chi connectivity index (χ0v) is 8.97. The summed E-state index contributed by atoms with van der Waals surface area (Å²) in [7, 11) is 0. The molecule has 0 aromatic heterocycles. The van der Waals surface area contributed by atoms with E-state index in [-0.39, 0.29) is 6.04 Å². The summed E-state index contributed by atoms with van der Waals surface area (Å²) in [6, 6.07) is 3.93. The molecule has 1 aliphatic rings. The van der Waals surface area contributed by atoms with E-state index in [1.807, 2.05) is 19.1 Å². The first-order chi connectivity index (χ1) is 6.70. The number of benzene rings is 1. The molecular weight excluding hydrogens is 198 g/mol. The third-order valence-electron chi connectivity index (χ3n) is 2.64. The summed E-state index contributed by atoms with van der Waals surface area (Å²) in [6.45, 7) is 2.76. The lowest BCUT2D eigenvalue weighted by molar-refractivity contribution is 0.316. The monoisotopic (exact) mass is 211 g/mol. The Bertz CT molecular complexity index is 351. The zero-order valence-electron chi connectivity index (χ0n) is 8.22.